The molecule has 0 saturated heterocycles. The first-order chi connectivity index (χ1) is 10.2. The molecule has 1 aliphatic rings. The van der Waals surface area contributed by atoms with Gasteiger partial charge in [-0.25, -0.2) is 4.39 Å². The molecule has 0 aromatic heterocycles. The standard InChI is InChI=1S/C16H14ClFN2O/c1-21-11-3-4-14(18)12(9-11)16-13-8-10(17)2-5-15(13)19-6-7-20-16/h2-5,8-9,19H,6-7H2,1H3. The summed E-state index contributed by atoms with van der Waals surface area (Å²) in [5.41, 5.74) is 2.71. The van der Waals surface area contributed by atoms with Gasteiger partial charge in [-0.05, 0) is 36.4 Å². The molecule has 0 saturated carbocycles. The molecule has 3 nitrogen and oxygen atoms in total. The number of methoxy groups -OCH3 is 1. The zero-order valence-corrected chi connectivity index (χ0v) is 12.2. The van der Waals surface area contributed by atoms with E-state index in [9.17, 15) is 4.39 Å². The number of hydrogen-bond donors (Lipinski definition) is 1. The summed E-state index contributed by atoms with van der Waals surface area (Å²) >= 11 is 6.08. The van der Waals surface area contributed by atoms with Gasteiger partial charge >= 0.3 is 0 Å². The van der Waals surface area contributed by atoms with Crippen LogP contribution in [0.15, 0.2) is 41.4 Å². The molecule has 3 rings (SSSR count). The zero-order chi connectivity index (χ0) is 14.8. The van der Waals surface area contributed by atoms with Crippen LogP contribution in [-0.4, -0.2) is 25.9 Å². The van der Waals surface area contributed by atoms with Crippen LogP contribution in [0.4, 0.5) is 10.1 Å². The van der Waals surface area contributed by atoms with Gasteiger partial charge in [-0.2, -0.15) is 0 Å². The fourth-order valence-corrected chi connectivity index (χ4v) is 2.53. The maximum absolute atomic E-state index is 14.2. The number of anilines is 1. The predicted octanol–water partition coefficient (Wildman–Crippen LogP) is 3.75. The molecule has 2 aromatic rings. The Labute approximate surface area is 127 Å². The molecule has 0 radical (unpaired) electrons. The highest BCUT2D eigenvalue weighted by molar-refractivity contribution is 6.31. The van der Waals surface area contributed by atoms with Crippen LogP contribution in [0.2, 0.25) is 5.02 Å². The maximum Gasteiger partial charge on any atom is 0.132 e. The molecule has 1 heterocycles. The summed E-state index contributed by atoms with van der Waals surface area (Å²) in [7, 11) is 1.55. The van der Waals surface area contributed by atoms with Crippen molar-refractivity contribution in [2.75, 3.05) is 25.5 Å². The Morgan fingerprint density at radius 2 is 2.05 bits per heavy atom. The Balaban J connectivity index is 2.19. The number of rotatable bonds is 2. The number of ether oxygens (including phenoxy) is 1. The summed E-state index contributed by atoms with van der Waals surface area (Å²) < 4.78 is 19.4. The van der Waals surface area contributed by atoms with Crippen LogP contribution in [0.25, 0.3) is 0 Å². The highest BCUT2D eigenvalue weighted by Gasteiger charge is 2.18. The second-order valence-electron chi connectivity index (χ2n) is 4.69. The van der Waals surface area contributed by atoms with Crippen LogP contribution in [0.3, 0.4) is 0 Å². The van der Waals surface area contributed by atoms with Crippen molar-refractivity contribution < 1.29 is 9.13 Å². The van der Waals surface area contributed by atoms with Gasteiger partial charge in [0.2, 0.25) is 0 Å². The van der Waals surface area contributed by atoms with Crippen LogP contribution in [0, 0.1) is 5.82 Å². The first-order valence-corrected chi connectivity index (χ1v) is 6.99. The van der Waals surface area contributed by atoms with Crippen LogP contribution < -0.4 is 10.1 Å². The molecule has 1 N–H and O–H groups in total. The molecule has 0 spiro atoms. The predicted molar refractivity (Wildman–Crippen MR) is 83.4 cm³/mol. The van der Waals surface area contributed by atoms with Crippen LogP contribution in [0.5, 0.6) is 5.75 Å². The zero-order valence-electron chi connectivity index (χ0n) is 11.5. The lowest BCUT2D eigenvalue weighted by atomic mass is 10.00. The summed E-state index contributed by atoms with van der Waals surface area (Å²) in [6.07, 6.45) is 0. The third-order valence-corrected chi connectivity index (χ3v) is 3.60. The molecule has 21 heavy (non-hydrogen) atoms. The van der Waals surface area contributed by atoms with Gasteiger partial charge in [-0.3, -0.25) is 4.99 Å². The quantitative estimate of drug-likeness (QED) is 0.916. The van der Waals surface area contributed by atoms with Crippen molar-refractivity contribution in [3.63, 3.8) is 0 Å². The minimum absolute atomic E-state index is 0.331. The summed E-state index contributed by atoms with van der Waals surface area (Å²) in [6.45, 7) is 1.27. The highest BCUT2D eigenvalue weighted by atomic mass is 35.5. The molecular weight excluding hydrogens is 291 g/mol. The van der Waals surface area contributed by atoms with E-state index in [0.717, 1.165) is 11.3 Å². The summed E-state index contributed by atoms with van der Waals surface area (Å²) in [6, 6.07) is 10.1. The number of hydrogen-bond acceptors (Lipinski definition) is 3. The third kappa shape index (κ3) is 2.72. The normalized spacial score (nSPS) is 13.8. The van der Waals surface area contributed by atoms with Crippen molar-refractivity contribution in [3.05, 3.63) is 58.4 Å². The van der Waals surface area contributed by atoms with Crippen LogP contribution in [-0.2, 0) is 0 Å². The number of aliphatic imine (C=N–C) groups is 1. The second-order valence-corrected chi connectivity index (χ2v) is 5.13. The van der Waals surface area contributed by atoms with E-state index < -0.39 is 0 Å². The second kappa shape index (κ2) is 5.74. The fraction of sp³-hybridized carbons (Fsp3) is 0.188. The van der Waals surface area contributed by atoms with Crippen molar-refractivity contribution in [1.82, 2.24) is 0 Å². The SMILES string of the molecule is COc1ccc(F)c(C2=NCCNc3ccc(Cl)cc32)c1. The molecule has 0 amide bonds. The van der Waals surface area contributed by atoms with E-state index in [4.69, 9.17) is 16.3 Å². The Kier molecular flexibility index (Phi) is 3.80. The summed E-state index contributed by atoms with van der Waals surface area (Å²) in [4.78, 5) is 4.51. The molecular formula is C16H14ClFN2O. The van der Waals surface area contributed by atoms with Crippen LogP contribution in [0.1, 0.15) is 11.1 Å². The first kappa shape index (κ1) is 13.9. The smallest absolute Gasteiger partial charge is 0.132 e. The van der Waals surface area contributed by atoms with Gasteiger partial charge in [0.15, 0.2) is 0 Å². The largest absolute Gasteiger partial charge is 0.497 e. The Morgan fingerprint density at radius 3 is 2.86 bits per heavy atom. The van der Waals surface area contributed by atoms with Gasteiger partial charge < -0.3 is 10.1 Å². The molecule has 0 bridgehead atoms. The van der Waals surface area contributed by atoms with Gasteiger partial charge in [0.1, 0.15) is 11.6 Å². The van der Waals surface area contributed by atoms with Gasteiger partial charge in [0.25, 0.3) is 0 Å². The van der Waals surface area contributed by atoms with E-state index in [1.165, 1.54) is 6.07 Å². The van der Waals surface area contributed by atoms with Crippen molar-refractivity contribution in [2.24, 2.45) is 4.99 Å². The fourth-order valence-electron chi connectivity index (χ4n) is 2.35. The van der Waals surface area contributed by atoms with Gasteiger partial charge in [-0.1, -0.05) is 11.6 Å². The lowest BCUT2D eigenvalue weighted by Gasteiger charge is -2.12. The van der Waals surface area contributed by atoms with E-state index in [1.54, 1.807) is 31.4 Å². The molecule has 1 aliphatic heterocycles. The Morgan fingerprint density at radius 1 is 1.19 bits per heavy atom. The summed E-state index contributed by atoms with van der Waals surface area (Å²) in [5, 5.41) is 3.86. The Bertz CT molecular complexity index is 715. The molecule has 5 heteroatoms. The van der Waals surface area contributed by atoms with Gasteiger partial charge in [0, 0.05) is 28.4 Å². The first-order valence-electron chi connectivity index (χ1n) is 6.61. The number of halogens is 2. The molecule has 0 atom stereocenters. The number of benzodiazepines with no additional fused rings is 1. The van der Waals surface area contributed by atoms with E-state index >= 15 is 0 Å². The average molecular weight is 305 g/mol. The topological polar surface area (TPSA) is 33.6 Å². The highest BCUT2D eigenvalue weighted by Crippen LogP contribution is 2.28. The number of benzene rings is 2. The van der Waals surface area contributed by atoms with E-state index in [-0.39, 0.29) is 5.82 Å². The van der Waals surface area contributed by atoms with E-state index in [0.29, 0.717) is 35.1 Å². The number of nitrogens with zero attached hydrogens (tertiary/aromatic N) is 1. The molecule has 2 aromatic carbocycles. The maximum atomic E-state index is 14.2. The monoisotopic (exact) mass is 304 g/mol. The van der Waals surface area contributed by atoms with Crippen LogP contribution >= 0.6 is 11.6 Å². The number of nitrogens with one attached hydrogen (secondary N) is 1. The minimum Gasteiger partial charge on any atom is -0.497 e. The minimum atomic E-state index is -0.331. The summed E-state index contributed by atoms with van der Waals surface area (Å²) in [5.74, 6) is 0.261. The molecule has 108 valence electrons. The molecule has 0 fully saturated rings. The van der Waals surface area contributed by atoms with Gasteiger partial charge in [0.05, 0.1) is 19.4 Å². The van der Waals surface area contributed by atoms with E-state index in [2.05, 4.69) is 10.3 Å². The van der Waals surface area contributed by atoms with E-state index in [1.807, 2.05) is 6.07 Å². The van der Waals surface area contributed by atoms with Gasteiger partial charge in [-0.15, -0.1) is 0 Å². The average Bonchev–Trinajstić information content (AvgIpc) is 2.70. The van der Waals surface area contributed by atoms with Crippen molar-refractivity contribution in [3.8, 4) is 5.75 Å². The van der Waals surface area contributed by atoms with Crippen molar-refractivity contribution in [2.45, 2.75) is 0 Å². The van der Waals surface area contributed by atoms with Crippen molar-refractivity contribution >= 4 is 23.0 Å². The lowest BCUT2D eigenvalue weighted by molar-refractivity contribution is 0.413. The lowest BCUT2D eigenvalue weighted by Crippen LogP contribution is -2.08. The van der Waals surface area contributed by atoms with Crippen molar-refractivity contribution in [1.29, 1.82) is 0 Å². The third-order valence-electron chi connectivity index (χ3n) is 3.36. The molecule has 0 unspecified atom stereocenters. The molecule has 0 aliphatic carbocycles. The number of fused-ring (bicyclic) bond motifs is 1. The Hall–Kier alpha value is -2.07.